The van der Waals surface area contributed by atoms with Crippen LogP contribution in [-0.2, 0) is 0 Å². The molecule has 1 saturated heterocycles. The SMILES string of the molecule is Cc1nc(Cl)cc(N2C[C@H](C)C[C@@H](C)C2)n1. The van der Waals surface area contributed by atoms with Crippen LogP contribution in [0.5, 0.6) is 0 Å². The molecule has 88 valence electrons. The molecule has 1 fully saturated rings. The summed E-state index contributed by atoms with van der Waals surface area (Å²) in [6.07, 6.45) is 1.30. The molecular formula is C12H18ClN3. The molecule has 1 aromatic rings. The number of aryl methyl sites for hydroxylation is 1. The molecule has 1 aliphatic rings. The summed E-state index contributed by atoms with van der Waals surface area (Å²) in [7, 11) is 0. The third kappa shape index (κ3) is 2.64. The van der Waals surface area contributed by atoms with Crippen molar-refractivity contribution in [1.82, 2.24) is 9.97 Å². The van der Waals surface area contributed by atoms with Gasteiger partial charge in [0.15, 0.2) is 0 Å². The van der Waals surface area contributed by atoms with E-state index < -0.39 is 0 Å². The first-order valence-electron chi connectivity index (χ1n) is 5.80. The van der Waals surface area contributed by atoms with E-state index in [0.29, 0.717) is 5.15 Å². The van der Waals surface area contributed by atoms with Crippen LogP contribution in [0.3, 0.4) is 0 Å². The number of halogens is 1. The Morgan fingerprint density at radius 1 is 1.25 bits per heavy atom. The standard InChI is InChI=1S/C12H18ClN3/c1-8-4-9(2)7-16(6-8)12-5-11(13)14-10(3)15-12/h5,8-9H,4,6-7H2,1-3H3/t8-,9-/m1/s1. The quantitative estimate of drug-likeness (QED) is 0.706. The van der Waals surface area contributed by atoms with Gasteiger partial charge in [-0.05, 0) is 25.2 Å². The largest absolute Gasteiger partial charge is 0.356 e. The number of hydrogen-bond donors (Lipinski definition) is 0. The van der Waals surface area contributed by atoms with E-state index in [1.165, 1.54) is 6.42 Å². The molecule has 0 bridgehead atoms. The van der Waals surface area contributed by atoms with Crippen molar-refractivity contribution in [2.75, 3.05) is 18.0 Å². The number of nitrogens with zero attached hydrogens (tertiary/aromatic N) is 3. The van der Waals surface area contributed by atoms with E-state index in [-0.39, 0.29) is 0 Å². The minimum Gasteiger partial charge on any atom is -0.356 e. The lowest BCUT2D eigenvalue weighted by Gasteiger charge is -2.35. The first kappa shape index (κ1) is 11.6. The Kier molecular flexibility index (Phi) is 3.33. The van der Waals surface area contributed by atoms with Crippen molar-refractivity contribution < 1.29 is 0 Å². The van der Waals surface area contributed by atoms with Gasteiger partial charge in [0.25, 0.3) is 0 Å². The molecule has 1 aliphatic heterocycles. The van der Waals surface area contributed by atoms with Crippen LogP contribution >= 0.6 is 11.6 Å². The minimum absolute atomic E-state index is 0.536. The third-order valence-corrected chi connectivity index (χ3v) is 3.18. The summed E-state index contributed by atoms with van der Waals surface area (Å²) in [4.78, 5) is 10.9. The minimum atomic E-state index is 0.536. The lowest BCUT2D eigenvalue weighted by atomic mass is 9.92. The highest BCUT2D eigenvalue weighted by atomic mass is 35.5. The van der Waals surface area contributed by atoms with Crippen LogP contribution in [-0.4, -0.2) is 23.1 Å². The van der Waals surface area contributed by atoms with Crippen LogP contribution in [0.1, 0.15) is 26.1 Å². The van der Waals surface area contributed by atoms with Crippen molar-refractivity contribution in [3.8, 4) is 0 Å². The van der Waals surface area contributed by atoms with Crippen molar-refractivity contribution in [2.24, 2.45) is 11.8 Å². The summed E-state index contributed by atoms with van der Waals surface area (Å²) in [5, 5.41) is 0.536. The summed E-state index contributed by atoms with van der Waals surface area (Å²) < 4.78 is 0. The van der Waals surface area contributed by atoms with E-state index in [1.54, 1.807) is 0 Å². The molecular weight excluding hydrogens is 222 g/mol. The van der Waals surface area contributed by atoms with E-state index in [1.807, 2.05) is 13.0 Å². The molecule has 0 N–H and O–H groups in total. The second kappa shape index (κ2) is 4.58. The van der Waals surface area contributed by atoms with Crippen LogP contribution < -0.4 is 4.90 Å². The number of aromatic nitrogens is 2. The summed E-state index contributed by atoms with van der Waals surface area (Å²) in [6, 6.07) is 1.86. The maximum absolute atomic E-state index is 5.96. The first-order valence-corrected chi connectivity index (χ1v) is 6.18. The molecule has 0 aromatic carbocycles. The van der Waals surface area contributed by atoms with Gasteiger partial charge in [0.1, 0.15) is 16.8 Å². The molecule has 0 amide bonds. The van der Waals surface area contributed by atoms with E-state index >= 15 is 0 Å². The van der Waals surface area contributed by atoms with Crippen molar-refractivity contribution in [3.63, 3.8) is 0 Å². The van der Waals surface area contributed by atoms with Gasteiger partial charge >= 0.3 is 0 Å². The summed E-state index contributed by atoms with van der Waals surface area (Å²) in [6.45, 7) is 8.59. The zero-order valence-electron chi connectivity index (χ0n) is 10.1. The second-order valence-electron chi connectivity index (χ2n) is 4.95. The number of anilines is 1. The van der Waals surface area contributed by atoms with Gasteiger partial charge in [-0.15, -0.1) is 0 Å². The van der Waals surface area contributed by atoms with Crippen LogP contribution in [0.15, 0.2) is 6.07 Å². The van der Waals surface area contributed by atoms with Gasteiger partial charge in [-0.3, -0.25) is 0 Å². The van der Waals surface area contributed by atoms with Crippen LogP contribution in [0.4, 0.5) is 5.82 Å². The molecule has 16 heavy (non-hydrogen) atoms. The maximum Gasteiger partial charge on any atom is 0.134 e. The molecule has 2 atom stereocenters. The van der Waals surface area contributed by atoms with Gasteiger partial charge in [-0.25, -0.2) is 9.97 Å². The molecule has 0 saturated carbocycles. The number of piperidine rings is 1. The van der Waals surface area contributed by atoms with Gasteiger partial charge in [-0.2, -0.15) is 0 Å². The summed E-state index contributed by atoms with van der Waals surface area (Å²) >= 11 is 5.96. The Hall–Kier alpha value is -0.830. The van der Waals surface area contributed by atoms with Crippen LogP contribution in [0, 0.1) is 18.8 Å². The Morgan fingerprint density at radius 3 is 2.44 bits per heavy atom. The molecule has 0 unspecified atom stereocenters. The van der Waals surface area contributed by atoms with Crippen molar-refractivity contribution in [1.29, 1.82) is 0 Å². The van der Waals surface area contributed by atoms with Gasteiger partial charge < -0.3 is 4.90 Å². The topological polar surface area (TPSA) is 29.0 Å². The average molecular weight is 240 g/mol. The number of hydrogen-bond acceptors (Lipinski definition) is 3. The molecule has 4 heteroatoms. The van der Waals surface area contributed by atoms with E-state index in [4.69, 9.17) is 11.6 Å². The predicted molar refractivity (Wildman–Crippen MR) is 66.9 cm³/mol. The van der Waals surface area contributed by atoms with E-state index in [9.17, 15) is 0 Å². The molecule has 0 radical (unpaired) electrons. The van der Waals surface area contributed by atoms with Gasteiger partial charge in [0, 0.05) is 19.2 Å². The Labute approximate surface area is 102 Å². The molecule has 0 spiro atoms. The Morgan fingerprint density at radius 2 is 1.88 bits per heavy atom. The van der Waals surface area contributed by atoms with Gasteiger partial charge in [0.05, 0.1) is 0 Å². The van der Waals surface area contributed by atoms with E-state index in [0.717, 1.165) is 36.6 Å². The molecule has 2 heterocycles. The fraction of sp³-hybridized carbons (Fsp3) is 0.667. The molecule has 0 aliphatic carbocycles. The normalized spacial score (nSPS) is 25.9. The Balaban J connectivity index is 2.22. The smallest absolute Gasteiger partial charge is 0.134 e. The van der Waals surface area contributed by atoms with Crippen LogP contribution in [0.2, 0.25) is 5.15 Å². The zero-order valence-corrected chi connectivity index (χ0v) is 10.8. The fourth-order valence-electron chi connectivity index (χ4n) is 2.53. The van der Waals surface area contributed by atoms with Crippen LogP contribution in [0.25, 0.3) is 0 Å². The zero-order chi connectivity index (χ0) is 11.7. The monoisotopic (exact) mass is 239 g/mol. The second-order valence-corrected chi connectivity index (χ2v) is 5.33. The van der Waals surface area contributed by atoms with Gasteiger partial charge in [-0.1, -0.05) is 25.4 Å². The first-order chi connectivity index (χ1) is 7.54. The maximum atomic E-state index is 5.96. The van der Waals surface area contributed by atoms with Crippen molar-refractivity contribution in [3.05, 3.63) is 17.0 Å². The van der Waals surface area contributed by atoms with Crippen molar-refractivity contribution >= 4 is 17.4 Å². The number of rotatable bonds is 1. The molecule has 1 aromatic heterocycles. The molecule has 2 rings (SSSR count). The summed E-state index contributed by atoms with van der Waals surface area (Å²) in [5.41, 5.74) is 0. The summed E-state index contributed by atoms with van der Waals surface area (Å²) in [5.74, 6) is 3.15. The lowest BCUT2D eigenvalue weighted by molar-refractivity contribution is 0.355. The van der Waals surface area contributed by atoms with E-state index in [2.05, 4.69) is 28.7 Å². The highest BCUT2D eigenvalue weighted by molar-refractivity contribution is 6.29. The van der Waals surface area contributed by atoms with Crippen molar-refractivity contribution in [2.45, 2.75) is 27.2 Å². The Bertz CT molecular complexity index is 350. The van der Waals surface area contributed by atoms with Gasteiger partial charge in [0.2, 0.25) is 0 Å². The average Bonchev–Trinajstić information content (AvgIpc) is 2.14. The highest BCUT2D eigenvalue weighted by Gasteiger charge is 2.23. The predicted octanol–water partition coefficient (Wildman–Crippen LogP) is 2.92. The molecule has 3 nitrogen and oxygen atoms in total. The third-order valence-electron chi connectivity index (χ3n) is 2.99. The lowest BCUT2D eigenvalue weighted by Crippen LogP contribution is -2.39. The highest BCUT2D eigenvalue weighted by Crippen LogP contribution is 2.26. The fourth-order valence-corrected chi connectivity index (χ4v) is 2.75.